The van der Waals surface area contributed by atoms with Gasteiger partial charge in [0, 0.05) is 27.9 Å². The van der Waals surface area contributed by atoms with Crippen molar-refractivity contribution in [2.75, 3.05) is 13.3 Å². The maximum atomic E-state index is 12.1. The lowest BCUT2D eigenvalue weighted by Gasteiger charge is -2.26. The van der Waals surface area contributed by atoms with Crippen molar-refractivity contribution < 1.29 is 14.1 Å². The Balaban J connectivity index is 1.60. The minimum atomic E-state index is -0.301. The molecule has 1 aliphatic heterocycles. The van der Waals surface area contributed by atoms with Crippen LogP contribution < -0.4 is 15.3 Å². The molecule has 1 N–H and O–H groups in total. The third-order valence-corrected chi connectivity index (χ3v) is 5.79. The summed E-state index contributed by atoms with van der Waals surface area (Å²) in [7, 11) is 0. The number of ether oxygens (including phenoxy) is 1. The summed E-state index contributed by atoms with van der Waals surface area (Å²) in [5.74, 6) is 0.803. The highest BCUT2D eigenvalue weighted by atomic mass is 35.5. The molecule has 0 spiro atoms. The first kappa shape index (κ1) is 19.3. The summed E-state index contributed by atoms with van der Waals surface area (Å²) in [6.45, 7) is 4.28. The number of nitrogens with one attached hydrogen (secondary N) is 1. The van der Waals surface area contributed by atoms with E-state index in [2.05, 4.69) is 6.92 Å². The minimum absolute atomic E-state index is 0.301. The second-order valence-corrected chi connectivity index (χ2v) is 8.05. The monoisotopic (exact) mass is 418 g/mol. The highest BCUT2D eigenvalue weighted by Gasteiger charge is 2.25. The average molecular weight is 419 g/mol. The molecular formula is C22H22Cl2NO3+. The van der Waals surface area contributed by atoms with E-state index in [1.807, 2.05) is 24.3 Å². The van der Waals surface area contributed by atoms with E-state index in [1.165, 1.54) is 4.90 Å². The van der Waals surface area contributed by atoms with Crippen molar-refractivity contribution in [3.63, 3.8) is 0 Å². The predicted molar refractivity (Wildman–Crippen MR) is 112 cm³/mol. The topological polar surface area (TPSA) is 43.9 Å². The molecule has 1 aromatic heterocycles. The van der Waals surface area contributed by atoms with E-state index in [0.29, 0.717) is 22.4 Å². The Morgan fingerprint density at radius 2 is 1.93 bits per heavy atom. The molecule has 1 aliphatic rings. The molecule has 0 amide bonds. The van der Waals surface area contributed by atoms with Gasteiger partial charge in [0.2, 0.25) is 6.73 Å². The lowest BCUT2D eigenvalue weighted by Crippen LogP contribution is -3.12. The summed E-state index contributed by atoms with van der Waals surface area (Å²) in [4.78, 5) is 13.3. The lowest BCUT2D eigenvalue weighted by molar-refractivity contribution is -0.932. The van der Waals surface area contributed by atoms with Crippen molar-refractivity contribution in [2.24, 2.45) is 0 Å². The van der Waals surface area contributed by atoms with Gasteiger partial charge in [-0.05, 0) is 41.8 Å². The third kappa shape index (κ3) is 3.90. The lowest BCUT2D eigenvalue weighted by atomic mass is 10.0. The number of rotatable bonds is 5. The van der Waals surface area contributed by atoms with Gasteiger partial charge in [0.25, 0.3) is 0 Å². The Labute approximate surface area is 173 Å². The van der Waals surface area contributed by atoms with Crippen molar-refractivity contribution in [1.29, 1.82) is 0 Å². The third-order valence-electron chi connectivity index (χ3n) is 5.20. The minimum Gasteiger partial charge on any atom is -0.445 e. The van der Waals surface area contributed by atoms with Gasteiger partial charge in [0.1, 0.15) is 12.3 Å². The number of aryl methyl sites for hydroxylation is 1. The Morgan fingerprint density at radius 1 is 1.07 bits per heavy atom. The van der Waals surface area contributed by atoms with Crippen molar-refractivity contribution in [3.8, 4) is 5.75 Å². The van der Waals surface area contributed by atoms with Crippen molar-refractivity contribution in [2.45, 2.75) is 32.7 Å². The molecule has 0 aliphatic carbocycles. The average Bonchev–Trinajstić information content (AvgIpc) is 2.67. The van der Waals surface area contributed by atoms with Gasteiger partial charge in [0.05, 0.1) is 12.1 Å². The van der Waals surface area contributed by atoms with Gasteiger partial charge in [-0.1, -0.05) is 42.6 Å². The van der Waals surface area contributed by atoms with E-state index in [1.54, 1.807) is 12.1 Å². The first-order chi connectivity index (χ1) is 13.5. The molecule has 4 rings (SSSR count). The first-order valence-electron chi connectivity index (χ1n) is 9.54. The zero-order valence-corrected chi connectivity index (χ0v) is 17.2. The van der Waals surface area contributed by atoms with E-state index >= 15 is 0 Å². The number of halogens is 2. The van der Waals surface area contributed by atoms with Crippen molar-refractivity contribution in [1.82, 2.24) is 0 Å². The fourth-order valence-electron chi connectivity index (χ4n) is 3.79. The summed E-state index contributed by atoms with van der Waals surface area (Å²) in [5, 5.41) is 2.33. The van der Waals surface area contributed by atoms with Crippen LogP contribution in [0.2, 0.25) is 10.0 Å². The molecule has 6 heteroatoms. The molecule has 28 heavy (non-hydrogen) atoms. The van der Waals surface area contributed by atoms with Crippen LogP contribution in [-0.2, 0) is 19.4 Å². The fourth-order valence-corrected chi connectivity index (χ4v) is 4.29. The summed E-state index contributed by atoms with van der Waals surface area (Å²) < 4.78 is 11.6. The fraction of sp³-hybridized carbons (Fsp3) is 0.318. The van der Waals surface area contributed by atoms with Crippen LogP contribution in [0.4, 0.5) is 0 Å². The van der Waals surface area contributed by atoms with Crippen molar-refractivity contribution >= 4 is 34.2 Å². The largest absolute Gasteiger partial charge is 0.445 e. The highest BCUT2D eigenvalue weighted by Crippen LogP contribution is 2.30. The second-order valence-electron chi connectivity index (χ2n) is 7.21. The standard InChI is InChI=1S/C22H21Cl2NO3/c1-2-3-15-10-21(26)28-22-17(15)6-7-20-18(22)12-25(13-27-20)9-8-14-4-5-16(23)11-19(14)24/h4-7,10-11H,2-3,8-9,12-13H2,1H3/p+1. The van der Waals surface area contributed by atoms with E-state index in [9.17, 15) is 4.79 Å². The highest BCUT2D eigenvalue weighted by molar-refractivity contribution is 6.35. The quantitative estimate of drug-likeness (QED) is 0.636. The van der Waals surface area contributed by atoms with E-state index < -0.39 is 0 Å². The molecule has 2 heterocycles. The van der Waals surface area contributed by atoms with Gasteiger partial charge >= 0.3 is 5.63 Å². The number of quaternary nitrogens is 1. The summed E-state index contributed by atoms with van der Waals surface area (Å²) in [6, 6.07) is 11.2. The van der Waals surface area contributed by atoms with Crippen LogP contribution in [0.1, 0.15) is 30.0 Å². The molecular weight excluding hydrogens is 397 g/mol. The maximum absolute atomic E-state index is 12.1. The molecule has 0 radical (unpaired) electrons. The van der Waals surface area contributed by atoms with Gasteiger partial charge in [-0.15, -0.1) is 0 Å². The van der Waals surface area contributed by atoms with Crippen LogP contribution in [0.5, 0.6) is 5.75 Å². The smallest absolute Gasteiger partial charge is 0.336 e. The number of hydrogen-bond donors (Lipinski definition) is 1. The van der Waals surface area contributed by atoms with Gasteiger partial charge in [-0.2, -0.15) is 0 Å². The SMILES string of the molecule is CCCc1cc(=O)oc2c3c(ccc12)OC[NH+](CCc1ccc(Cl)cc1Cl)C3. The Bertz CT molecular complexity index is 1080. The zero-order chi connectivity index (χ0) is 19.7. The summed E-state index contributed by atoms with van der Waals surface area (Å²) >= 11 is 12.3. The van der Waals surface area contributed by atoms with Crippen molar-refractivity contribution in [3.05, 3.63) is 73.6 Å². The summed E-state index contributed by atoms with van der Waals surface area (Å²) in [6.07, 6.45) is 2.65. The van der Waals surface area contributed by atoms with E-state index in [0.717, 1.165) is 60.2 Å². The summed E-state index contributed by atoms with van der Waals surface area (Å²) in [5.41, 5.74) is 3.44. The molecule has 2 aromatic carbocycles. The normalized spacial score (nSPS) is 16.0. The molecule has 0 saturated heterocycles. The van der Waals surface area contributed by atoms with Crippen LogP contribution in [0, 0.1) is 0 Å². The molecule has 0 saturated carbocycles. The molecule has 4 nitrogen and oxygen atoms in total. The van der Waals surface area contributed by atoms with Gasteiger partial charge in [0.15, 0.2) is 5.58 Å². The first-order valence-corrected chi connectivity index (χ1v) is 10.3. The predicted octanol–water partition coefficient (Wildman–Crippen LogP) is 4.03. The number of benzene rings is 2. The Morgan fingerprint density at radius 3 is 2.71 bits per heavy atom. The number of fused-ring (bicyclic) bond motifs is 3. The van der Waals surface area contributed by atoms with Crippen LogP contribution in [0.15, 0.2) is 45.6 Å². The van der Waals surface area contributed by atoms with Gasteiger partial charge in [-0.25, -0.2) is 4.79 Å². The molecule has 146 valence electrons. The van der Waals surface area contributed by atoms with Gasteiger partial charge < -0.3 is 9.15 Å². The molecule has 1 unspecified atom stereocenters. The van der Waals surface area contributed by atoms with Crippen LogP contribution in [0.25, 0.3) is 11.0 Å². The Hall–Kier alpha value is -2.01. The van der Waals surface area contributed by atoms with Gasteiger partial charge in [-0.3, -0.25) is 4.90 Å². The molecule has 1 atom stereocenters. The molecule has 0 bridgehead atoms. The maximum Gasteiger partial charge on any atom is 0.336 e. The van der Waals surface area contributed by atoms with Crippen LogP contribution in [-0.4, -0.2) is 13.3 Å². The van der Waals surface area contributed by atoms with E-state index in [-0.39, 0.29) is 5.63 Å². The van der Waals surface area contributed by atoms with Crippen LogP contribution in [0.3, 0.4) is 0 Å². The second kappa shape index (κ2) is 8.16. The zero-order valence-electron chi connectivity index (χ0n) is 15.7. The Kier molecular flexibility index (Phi) is 5.63. The number of hydrogen-bond acceptors (Lipinski definition) is 3. The molecule has 3 aromatic rings. The molecule has 0 fully saturated rings. The van der Waals surface area contributed by atoms with Crippen LogP contribution >= 0.6 is 23.2 Å². The van der Waals surface area contributed by atoms with E-state index in [4.69, 9.17) is 32.4 Å².